The van der Waals surface area contributed by atoms with Gasteiger partial charge in [0.25, 0.3) is 0 Å². The van der Waals surface area contributed by atoms with E-state index in [2.05, 4.69) is 9.97 Å². The van der Waals surface area contributed by atoms with Gasteiger partial charge < -0.3 is 5.73 Å². The van der Waals surface area contributed by atoms with Gasteiger partial charge in [0.15, 0.2) is 6.29 Å². The first-order chi connectivity index (χ1) is 6.22. The molecule has 1 aliphatic rings. The molecule has 1 fully saturated rings. The van der Waals surface area contributed by atoms with Crippen LogP contribution in [0.5, 0.6) is 0 Å². The smallest absolute Gasteiger partial charge is 0.170 e. The molecule has 0 unspecified atom stereocenters. The van der Waals surface area contributed by atoms with Crippen LogP contribution in [0.3, 0.4) is 0 Å². The highest BCUT2D eigenvalue weighted by atomic mass is 35.5. The van der Waals surface area contributed by atoms with E-state index in [1.165, 1.54) is 0 Å². The topological polar surface area (TPSA) is 68.9 Å². The SMILES string of the molecule is Nc1nc(C2CC2)nc(C=O)c1Cl. The van der Waals surface area contributed by atoms with Crippen LogP contribution in [0, 0.1) is 0 Å². The minimum absolute atomic E-state index is 0.152. The molecule has 1 aromatic heterocycles. The van der Waals surface area contributed by atoms with E-state index in [1.54, 1.807) is 0 Å². The molecule has 0 atom stereocenters. The Morgan fingerprint density at radius 2 is 2.15 bits per heavy atom. The number of carbonyl (C=O) groups is 1. The van der Waals surface area contributed by atoms with Gasteiger partial charge in [-0.05, 0) is 12.8 Å². The van der Waals surface area contributed by atoms with E-state index < -0.39 is 0 Å². The Hall–Kier alpha value is -1.16. The molecule has 1 saturated carbocycles. The van der Waals surface area contributed by atoms with Crippen molar-refractivity contribution < 1.29 is 4.79 Å². The van der Waals surface area contributed by atoms with Gasteiger partial charge in [-0.15, -0.1) is 0 Å². The molecule has 0 aromatic carbocycles. The average molecular weight is 198 g/mol. The van der Waals surface area contributed by atoms with Crippen molar-refractivity contribution in [1.82, 2.24) is 9.97 Å². The number of carbonyl (C=O) groups excluding carboxylic acids is 1. The molecule has 0 amide bonds. The van der Waals surface area contributed by atoms with Crippen LogP contribution in [-0.2, 0) is 0 Å². The zero-order valence-corrected chi connectivity index (χ0v) is 7.58. The number of halogens is 1. The summed E-state index contributed by atoms with van der Waals surface area (Å²) in [4.78, 5) is 18.6. The number of nitrogens with zero attached hydrogens (tertiary/aromatic N) is 2. The van der Waals surface area contributed by atoms with Crippen LogP contribution in [0.1, 0.15) is 35.1 Å². The summed E-state index contributed by atoms with van der Waals surface area (Å²) in [6.45, 7) is 0. The highest BCUT2D eigenvalue weighted by Gasteiger charge is 2.27. The molecule has 1 aromatic rings. The van der Waals surface area contributed by atoms with Crippen LogP contribution in [0.25, 0.3) is 0 Å². The molecule has 68 valence electrons. The van der Waals surface area contributed by atoms with E-state index in [-0.39, 0.29) is 16.5 Å². The number of aromatic nitrogens is 2. The molecular weight excluding hydrogens is 190 g/mol. The van der Waals surface area contributed by atoms with Crippen molar-refractivity contribution in [3.63, 3.8) is 0 Å². The highest BCUT2D eigenvalue weighted by molar-refractivity contribution is 6.34. The van der Waals surface area contributed by atoms with Crippen molar-refractivity contribution in [3.05, 3.63) is 16.5 Å². The zero-order valence-electron chi connectivity index (χ0n) is 6.83. The minimum atomic E-state index is 0.152. The Morgan fingerprint density at radius 1 is 1.46 bits per heavy atom. The first-order valence-corrected chi connectivity index (χ1v) is 4.38. The summed E-state index contributed by atoms with van der Waals surface area (Å²) < 4.78 is 0. The monoisotopic (exact) mass is 197 g/mol. The maximum absolute atomic E-state index is 10.5. The molecule has 5 heteroatoms. The molecule has 2 rings (SSSR count). The van der Waals surface area contributed by atoms with E-state index in [9.17, 15) is 4.79 Å². The Labute approximate surface area is 80.1 Å². The van der Waals surface area contributed by atoms with E-state index in [0.29, 0.717) is 18.0 Å². The Morgan fingerprint density at radius 3 is 2.69 bits per heavy atom. The summed E-state index contributed by atoms with van der Waals surface area (Å²) in [6.07, 6.45) is 2.74. The van der Waals surface area contributed by atoms with Crippen molar-refractivity contribution in [2.75, 3.05) is 5.73 Å². The van der Waals surface area contributed by atoms with Gasteiger partial charge in [-0.2, -0.15) is 0 Å². The lowest BCUT2D eigenvalue weighted by Gasteiger charge is -2.02. The maximum Gasteiger partial charge on any atom is 0.170 e. The predicted octanol–water partition coefficient (Wildman–Crippen LogP) is 1.40. The van der Waals surface area contributed by atoms with Crippen LogP contribution in [-0.4, -0.2) is 16.3 Å². The largest absolute Gasteiger partial charge is 0.382 e. The van der Waals surface area contributed by atoms with Crippen LogP contribution in [0.15, 0.2) is 0 Å². The fourth-order valence-electron chi connectivity index (χ4n) is 1.10. The Balaban J connectivity index is 2.49. The normalized spacial score (nSPS) is 15.8. The fraction of sp³-hybridized carbons (Fsp3) is 0.375. The molecule has 1 heterocycles. The third kappa shape index (κ3) is 1.49. The molecule has 13 heavy (non-hydrogen) atoms. The van der Waals surface area contributed by atoms with Gasteiger partial charge in [0.2, 0.25) is 0 Å². The van der Waals surface area contributed by atoms with Gasteiger partial charge in [-0.1, -0.05) is 11.6 Å². The Bertz CT molecular complexity index is 363. The molecule has 2 N–H and O–H groups in total. The van der Waals surface area contributed by atoms with Gasteiger partial charge in [0.1, 0.15) is 22.4 Å². The molecule has 0 bridgehead atoms. The second-order valence-electron chi connectivity index (χ2n) is 3.06. The molecule has 0 radical (unpaired) electrons. The van der Waals surface area contributed by atoms with E-state index in [0.717, 1.165) is 12.8 Å². The summed E-state index contributed by atoms with van der Waals surface area (Å²) in [5.74, 6) is 1.21. The van der Waals surface area contributed by atoms with Crippen molar-refractivity contribution >= 4 is 23.7 Å². The number of nitrogen functional groups attached to an aromatic ring is 1. The van der Waals surface area contributed by atoms with Gasteiger partial charge >= 0.3 is 0 Å². The summed E-state index contributed by atoms with van der Waals surface area (Å²) in [5.41, 5.74) is 5.71. The second-order valence-corrected chi connectivity index (χ2v) is 3.44. The molecule has 4 nitrogen and oxygen atoms in total. The summed E-state index contributed by atoms with van der Waals surface area (Å²) in [7, 11) is 0. The lowest BCUT2D eigenvalue weighted by atomic mass is 10.3. The number of anilines is 1. The first kappa shape index (κ1) is 8.44. The third-order valence-electron chi connectivity index (χ3n) is 1.97. The number of nitrogens with two attached hydrogens (primary N) is 1. The standard InChI is InChI=1S/C8H8ClN3O/c9-6-5(3-13)11-8(4-1-2-4)12-7(6)10/h3-4H,1-2H2,(H2,10,11,12). The van der Waals surface area contributed by atoms with Gasteiger partial charge in [-0.25, -0.2) is 9.97 Å². The summed E-state index contributed by atoms with van der Waals surface area (Å²) in [5, 5.41) is 0.152. The fourth-order valence-corrected chi connectivity index (χ4v) is 1.23. The van der Waals surface area contributed by atoms with Gasteiger partial charge in [0, 0.05) is 5.92 Å². The number of aldehydes is 1. The first-order valence-electron chi connectivity index (χ1n) is 4.00. The quantitative estimate of drug-likeness (QED) is 0.728. The van der Waals surface area contributed by atoms with Crippen molar-refractivity contribution in [2.24, 2.45) is 0 Å². The third-order valence-corrected chi connectivity index (χ3v) is 2.36. The highest BCUT2D eigenvalue weighted by Crippen LogP contribution is 2.39. The second kappa shape index (κ2) is 2.96. The van der Waals surface area contributed by atoms with Gasteiger partial charge in [0.05, 0.1) is 0 Å². The lowest BCUT2D eigenvalue weighted by Crippen LogP contribution is -2.03. The van der Waals surface area contributed by atoms with Crippen LogP contribution >= 0.6 is 11.6 Å². The van der Waals surface area contributed by atoms with Crippen LogP contribution < -0.4 is 5.73 Å². The van der Waals surface area contributed by atoms with E-state index in [4.69, 9.17) is 17.3 Å². The molecule has 0 spiro atoms. The van der Waals surface area contributed by atoms with Crippen molar-refractivity contribution in [3.8, 4) is 0 Å². The average Bonchev–Trinajstić information content (AvgIpc) is 2.92. The van der Waals surface area contributed by atoms with Crippen LogP contribution in [0.2, 0.25) is 5.02 Å². The Kier molecular flexibility index (Phi) is 1.92. The lowest BCUT2D eigenvalue weighted by molar-refractivity contribution is 0.111. The van der Waals surface area contributed by atoms with Crippen molar-refractivity contribution in [2.45, 2.75) is 18.8 Å². The minimum Gasteiger partial charge on any atom is -0.382 e. The predicted molar refractivity (Wildman–Crippen MR) is 48.8 cm³/mol. The van der Waals surface area contributed by atoms with Gasteiger partial charge in [-0.3, -0.25) is 4.79 Å². The van der Waals surface area contributed by atoms with E-state index >= 15 is 0 Å². The molecule has 1 aliphatic carbocycles. The zero-order chi connectivity index (χ0) is 9.42. The number of hydrogen-bond acceptors (Lipinski definition) is 4. The van der Waals surface area contributed by atoms with Crippen molar-refractivity contribution in [1.29, 1.82) is 0 Å². The molecule has 0 aliphatic heterocycles. The maximum atomic E-state index is 10.5. The summed E-state index contributed by atoms with van der Waals surface area (Å²) in [6, 6.07) is 0. The molecule has 0 saturated heterocycles. The summed E-state index contributed by atoms with van der Waals surface area (Å²) >= 11 is 5.71. The number of hydrogen-bond donors (Lipinski definition) is 1. The van der Waals surface area contributed by atoms with E-state index in [1.807, 2.05) is 0 Å². The number of rotatable bonds is 2. The van der Waals surface area contributed by atoms with Crippen LogP contribution in [0.4, 0.5) is 5.82 Å². The molecular formula is C8H8ClN3O.